The molecule has 28 heavy (non-hydrogen) atoms. The molecule has 6 heteroatoms. The molecule has 1 aromatic carbocycles. The first kappa shape index (κ1) is 18.9. The molecule has 144 valence electrons. The maximum Gasteiger partial charge on any atom is 0.275 e. The number of aromatic amines is 1. The SMILES string of the molecule is O=C(C[NH+](Cc1cccs1)Cc1cccs1)NCCc1c[nH]c2ccccc12. The van der Waals surface area contributed by atoms with Crippen molar-refractivity contribution in [1.82, 2.24) is 10.3 Å². The van der Waals surface area contributed by atoms with Crippen molar-refractivity contribution in [2.45, 2.75) is 19.5 Å². The Morgan fingerprint density at radius 1 is 0.964 bits per heavy atom. The monoisotopic (exact) mass is 410 g/mol. The Hall–Kier alpha value is -2.41. The van der Waals surface area contributed by atoms with Crippen LogP contribution in [-0.2, 0) is 24.3 Å². The summed E-state index contributed by atoms with van der Waals surface area (Å²) in [7, 11) is 0. The van der Waals surface area contributed by atoms with Crippen molar-refractivity contribution in [1.29, 1.82) is 0 Å². The highest BCUT2D eigenvalue weighted by atomic mass is 32.1. The van der Waals surface area contributed by atoms with Crippen LogP contribution in [0.1, 0.15) is 15.3 Å². The highest BCUT2D eigenvalue weighted by molar-refractivity contribution is 7.10. The predicted octanol–water partition coefficient (Wildman–Crippen LogP) is 3.23. The first-order chi connectivity index (χ1) is 13.8. The summed E-state index contributed by atoms with van der Waals surface area (Å²) in [5.74, 6) is 0.114. The number of carbonyl (C=O) groups excluding carboxylic acids is 1. The fraction of sp³-hybridized carbons (Fsp3) is 0.227. The Bertz CT molecular complexity index is 969. The van der Waals surface area contributed by atoms with Gasteiger partial charge in [0.15, 0.2) is 6.54 Å². The summed E-state index contributed by atoms with van der Waals surface area (Å²) >= 11 is 3.51. The van der Waals surface area contributed by atoms with Crippen LogP contribution < -0.4 is 10.2 Å². The summed E-state index contributed by atoms with van der Waals surface area (Å²) in [6.45, 7) is 2.91. The van der Waals surface area contributed by atoms with Crippen molar-refractivity contribution in [2.75, 3.05) is 13.1 Å². The maximum atomic E-state index is 12.6. The number of hydrogen-bond acceptors (Lipinski definition) is 3. The maximum absolute atomic E-state index is 12.6. The van der Waals surface area contributed by atoms with Crippen LogP contribution in [0.15, 0.2) is 65.5 Å². The number of quaternary nitrogens is 1. The summed E-state index contributed by atoms with van der Waals surface area (Å²) in [6.07, 6.45) is 2.88. The van der Waals surface area contributed by atoms with Gasteiger partial charge in [0.2, 0.25) is 0 Å². The molecule has 4 rings (SSSR count). The van der Waals surface area contributed by atoms with E-state index in [2.05, 4.69) is 63.5 Å². The van der Waals surface area contributed by atoms with Gasteiger partial charge in [-0.3, -0.25) is 4.79 Å². The molecule has 0 atom stereocenters. The van der Waals surface area contributed by atoms with Crippen LogP contribution in [0.2, 0.25) is 0 Å². The summed E-state index contributed by atoms with van der Waals surface area (Å²) in [6, 6.07) is 16.7. The minimum atomic E-state index is 0.114. The number of thiophene rings is 2. The van der Waals surface area contributed by atoms with Crippen LogP contribution in [0.4, 0.5) is 0 Å². The number of rotatable bonds is 9. The molecule has 4 aromatic rings. The quantitative estimate of drug-likeness (QED) is 0.390. The number of fused-ring (bicyclic) bond motifs is 1. The van der Waals surface area contributed by atoms with Gasteiger partial charge in [0.05, 0.1) is 9.75 Å². The van der Waals surface area contributed by atoms with E-state index in [9.17, 15) is 4.79 Å². The fourth-order valence-corrected chi connectivity index (χ4v) is 5.02. The standard InChI is InChI=1S/C22H23N3OS2/c26-22(23-10-9-17-13-24-21-8-2-1-7-20(17)21)16-25(14-18-5-3-11-27-18)15-19-6-4-12-28-19/h1-8,11-13,24H,9-10,14-16H2,(H,23,26)/p+1. The minimum Gasteiger partial charge on any atom is -0.361 e. The lowest BCUT2D eigenvalue weighted by molar-refractivity contribution is -0.919. The van der Waals surface area contributed by atoms with Gasteiger partial charge in [-0.15, -0.1) is 22.7 Å². The molecular weight excluding hydrogens is 386 g/mol. The number of nitrogens with one attached hydrogen (secondary N) is 3. The van der Waals surface area contributed by atoms with E-state index < -0.39 is 0 Å². The third-order valence-corrected chi connectivity index (χ3v) is 6.56. The van der Waals surface area contributed by atoms with Gasteiger partial charge in [0.25, 0.3) is 5.91 Å². The molecule has 0 spiro atoms. The lowest BCUT2D eigenvalue weighted by Gasteiger charge is -2.18. The highest BCUT2D eigenvalue weighted by Gasteiger charge is 2.16. The summed E-state index contributed by atoms with van der Waals surface area (Å²) in [5, 5.41) is 8.54. The van der Waals surface area contributed by atoms with Crippen LogP contribution in [0.25, 0.3) is 10.9 Å². The van der Waals surface area contributed by atoms with Gasteiger partial charge in [-0.1, -0.05) is 30.3 Å². The van der Waals surface area contributed by atoms with Crippen molar-refractivity contribution >= 4 is 39.5 Å². The van der Waals surface area contributed by atoms with Crippen molar-refractivity contribution in [3.05, 3.63) is 80.8 Å². The molecule has 4 nitrogen and oxygen atoms in total. The zero-order valence-corrected chi connectivity index (χ0v) is 17.2. The van der Waals surface area contributed by atoms with Gasteiger partial charge in [-0.05, 0) is 40.9 Å². The summed E-state index contributed by atoms with van der Waals surface area (Å²) in [4.78, 5) is 19.8. The van der Waals surface area contributed by atoms with E-state index in [1.54, 1.807) is 22.7 Å². The molecule has 0 aliphatic rings. The van der Waals surface area contributed by atoms with Crippen molar-refractivity contribution in [3.63, 3.8) is 0 Å². The number of carbonyl (C=O) groups is 1. The normalized spacial score (nSPS) is 11.3. The second kappa shape index (κ2) is 9.19. The van der Waals surface area contributed by atoms with Gasteiger partial charge in [0.1, 0.15) is 13.1 Å². The zero-order valence-electron chi connectivity index (χ0n) is 15.6. The van der Waals surface area contributed by atoms with E-state index in [1.807, 2.05) is 12.3 Å². The highest BCUT2D eigenvalue weighted by Crippen LogP contribution is 2.17. The van der Waals surface area contributed by atoms with Crippen LogP contribution in [0.3, 0.4) is 0 Å². The molecule has 0 bridgehead atoms. The van der Waals surface area contributed by atoms with Crippen molar-refractivity contribution in [2.24, 2.45) is 0 Å². The van der Waals surface area contributed by atoms with E-state index >= 15 is 0 Å². The molecule has 0 aliphatic carbocycles. The molecular formula is C22H24N3OS2+. The van der Waals surface area contributed by atoms with Gasteiger partial charge in [-0.2, -0.15) is 0 Å². The Morgan fingerprint density at radius 2 is 1.68 bits per heavy atom. The second-order valence-corrected chi connectivity index (χ2v) is 8.96. The second-order valence-electron chi connectivity index (χ2n) is 6.90. The Kier molecular flexibility index (Phi) is 6.21. The first-order valence-electron chi connectivity index (χ1n) is 9.48. The molecule has 0 saturated heterocycles. The molecule has 3 N–H and O–H groups in total. The van der Waals surface area contributed by atoms with Crippen molar-refractivity contribution in [3.8, 4) is 0 Å². The number of hydrogen-bond donors (Lipinski definition) is 3. The molecule has 0 aliphatic heterocycles. The van der Waals surface area contributed by atoms with Crippen LogP contribution >= 0.6 is 22.7 Å². The average Bonchev–Trinajstić information content (AvgIpc) is 3.44. The van der Waals surface area contributed by atoms with Crippen molar-refractivity contribution < 1.29 is 9.69 Å². The topological polar surface area (TPSA) is 49.3 Å². The number of benzene rings is 1. The average molecular weight is 411 g/mol. The molecule has 3 aromatic heterocycles. The van der Waals surface area contributed by atoms with E-state index in [-0.39, 0.29) is 5.91 Å². The summed E-state index contributed by atoms with van der Waals surface area (Å²) in [5.41, 5.74) is 2.39. The van der Waals surface area contributed by atoms with E-state index in [4.69, 9.17) is 0 Å². The van der Waals surface area contributed by atoms with Crippen LogP contribution in [0.5, 0.6) is 0 Å². The van der Waals surface area contributed by atoms with Gasteiger partial charge < -0.3 is 15.2 Å². The van der Waals surface area contributed by atoms with Gasteiger partial charge in [0, 0.05) is 23.6 Å². The Balaban J connectivity index is 1.31. The third-order valence-electron chi connectivity index (χ3n) is 4.81. The predicted molar refractivity (Wildman–Crippen MR) is 117 cm³/mol. The molecule has 0 unspecified atom stereocenters. The third kappa shape index (κ3) is 4.90. The lowest BCUT2D eigenvalue weighted by atomic mass is 10.1. The number of H-pyrrole nitrogens is 1. The molecule has 1 amide bonds. The van der Waals surface area contributed by atoms with Gasteiger partial charge >= 0.3 is 0 Å². The lowest BCUT2D eigenvalue weighted by Crippen LogP contribution is -3.10. The molecule has 0 saturated carbocycles. The first-order valence-corrected chi connectivity index (χ1v) is 11.2. The van der Waals surface area contributed by atoms with Gasteiger partial charge in [-0.25, -0.2) is 0 Å². The summed E-state index contributed by atoms with van der Waals surface area (Å²) < 4.78 is 0. The van der Waals surface area contributed by atoms with Crippen LogP contribution in [0, 0.1) is 0 Å². The molecule has 0 radical (unpaired) electrons. The molecule has 3 heterocycles. The van der Waals surface area contributed by atoms with E-state index in [0.717, 1.165) is 25.0 Å². The Morgan fingerprint density at radius 3 is 2.36 bits per heavy atom. The fourth-order valence-electron chi connectivity index (χ4n) is 3.47. The van der Waals surface area contributed by atoms with Crippen LogP contribution in [-0.4, -0.2) is 24.0 Å². The smallest absolute Gasteiger partial charge is 0.275 e. The molecule has 0 fully saturated rings. The largest absolute Gasteiger partial charge is 0.361 e. The van der Waals surface area contributed by atoms with E-state index in [0.29, 0.717) is 13.1 Å². The number of aromatic nitrogens is 1. The zero-order chi connectivity index (χ0) is 19.2. The van der Waals surface area contributed by atoms with E-state index in [1.165, 1.54) is 25.6 Å². The number of amides is 1. The Labute approximate surface area is 172 Å². The minimum absolute atomic E-state index is 0.114. The number of para-hydroxylation sites is 1.